The summed E-state index contributed by atoms with van der Waals surface area (Å²) in [6.07, 6.45) is 1.79. The van der Waals surface area contributed by atoms with Crippen molar-refractivity contribution in [2.24, 2.45) is 7.05 Å². The van der Waals surface area contributed by atoms with Crippen LogP contribution in [-0.2, 0) is 17.2 Å². The van der Waals surface area contributed by atoms with Crippen molar-refractivity contribution in [1.82, 2.24) is 29.6 Å². The van der Waals surface area contributed by atoms with Gasteiger partial charge in [0.15, 0.2) is 5.65 Å². The average molecular weight is 340 g/mol. The van der Waals surface area contributed by atoms with E-state index in [-0.39, 0.29) is 5.41 Å². The van der Waals surface area contributed by atoms with Gasteiger partial charge in [0.05, 0.1) is 18.9 Å². The van der Waals surface area contributed by atoms with Crippen molar-refractivity contribution in [1.29, 1.82) is 0 Å². The van der Waals surface area contributed by atoms with Crippen molar-refractivity contribution in [2.45, 2.75) is 19.3 Å². The standard InChI is InChI=1S/C18H24N6O/c1-18(2,12-24-8-10-25-11-9-24)17-20-15-14(13-6-4-5-7-19-13)22-23(3)16(15)21-17/h4-7H,8-12H2,1-3H3,(H,20,21). The number of nitrogens with one attached hydrogen (secondary N) is 1. The molecule has 132 valence electrons. The number of aromatic nitrogens is 5. The number of hydrogen-bond acceptors (Lipinski definition) is 5. The zero-order valence-corrected chi connectivity index (χ0v) is 15.0. The monoisotopic (exact) mass is 340 g/mol. The maximum atomic E-state index is 5.45. The van der Waals surface area contributed by atoms with Crippen molar-refractivity contribution in [3.8, 4) is 11.4 Å². The Morgan fingerprint density at radius 3 is 2.76 bits per heavy atom. The second kappa shape index (κ2) is 6.24. The van der Waals surface area contributed by atoms with E-state index < -0.39 is 0 Å². The maximum absolute atomic E-state index is 5.45. The molecule has 0 radical (unpaired) electrons. The maximum Gasteiger partial charge on any atom is 0.176 e. The van der Waals surface area contributed by atoms with Crippen LogP contribution in [0.15, 0.2) is 24.4 Å². The molecule has 3 aromatic heterocycles. The first-order valence-corrected chi connectivity index (χ1v) is 8.69. The van der Waals surface area contributed by atoms with Gasteiger partial charge in [0.1, 0.15) is 17.0 Å². The Bertz CT molecular complexity index is 860. The molecule has 0 spiro atoms. The first-order valence-electron chi connectivity index (χ1n) is 8.69. The van der Waals surface area contributed by atoms with Gasteiger partial charge in [0.25, 0.3) is 0 Å². The number of aryl methyl sites for hydroxylation is 1. The minimum absolute atomic E-state index is 0.0856. The second-order valence-electron chi connectivity index (χ2n) is 7.24. The Morgan fingerprint density at radius 1 is 1.24 bits per heavy atom. The van der Waals surface area contributed by atoms with Gasteiger partial charge in [-0.15, -0.1) is 0 Å². The predicted molar refractivity (Wildman–Crippen MR) is 96.4 cm³/mol. The summed E-state index contributed by atoms with van der Waals surface area (Å²) in [6, 6.07) is 5.86. The van der Waals surface area contributed by atoms with Crippen LogP contribution in [0.25, 0.3) is 22.6 Å². The van der Waals surface area contributed by atoms with Crippen molar-refractivity contribution < 1.29 is 4.74 Å². The van der Waals surface area contributed by atoms with Gasteiger partial charge in [-0.25, -0.2) is 9.67 Å². The van der Waals surface area contributed by atoms with Gasteiger partial charge in [-0.2, -0.15) is 5.10 Å². The lowest BCUT2D eigenvalue weighted by atomic mass is 9.91. The van der Waals surface area contributed by atoms with E-state index in [1.807, 2.05) is 29.9 Å². The molecule has 7 heteroatoms. The van der Waals surface area contributed by atoms with Crippen LogP contribution >= 0.6 is 0 Å². The lowest BCUT2D eigenvalue weighted by molar-refractivity contribution is 0.0290. The van der Waals surface area contributed by atoms with E-state index in [1.165, 1.54) is 0 Å². The third kappa shape index (κ3) is 3.05. The SMILES string of the molecule is Cn1nc(-c2ccccn2)c2[nH]c(C(C)(C)CN3CCOCC3)nc21. The van der Waals surface area contributed by atoms with Crippen molar-refractivity contribution >= 4 is 11.2 Å². The highest BCUT2D eigenvalue weighted by Crippen LogP contribution is 2.29. The number of rotatable bonds is 4. The number of hydrogen-bond donors (Lipinski definition) is 1. The van der Waals surface area contributed by atoms with Gasteiger partial charge in [0.2, 0.25) is 0 Å². The number of fused-ring (bicyclic) bond motifs is 1. The molecule has 1 aliphatic rings. The van der Waals surface area contributed by atoms with Crippen LogP contribution in [0.5, 0.6) is 0 Å². The summed E-state index contributed by atoms with van der Waals surface area (Å²) in [5.74, 6) is 0.985. The molecular formula is C18H24N6O. The molecule has 25 heavy (non-hydrogen) atoms. The minimum atomic E-state index is -0.0856. The molecule has 0 aromatic carbocycles. The Morgan fingerprint density at radius 2 is 2.04 bits per heavy atom. The highest BCUT2D eigenvalue weighted by Gasteiger charge is 2.30. The zero-order valence-electron chi connectivity index (χ0n) is 15.0. The highest BCUT2D eigenvalue weighted by molar-refractivity contribution is 5.87. The van der Waals surface area contributed by atoms with Crippen molar-refractivity contribution in [2.75, 3.05) is 32.8 Å². The third-order valence-electron chi connectivity index (χ3n) is 4.75. The summed E-state index contributed by atoms with van der Waals surface area (Å²) in [5, 5.41) is 4.59. The van der Waals surface area contributed by atoms with Crippen LogP contribution in [0.1, 0.15) is 19.7 Å². The van der Waals surface area contributed by atoms with Gasteiger partial charge < -0.3 is 9.72 Å². The van der Waals surface area contributed by atoms with E-state index in [2.05, 4.69) is 33.8 Å². The molecule has 0 amide bonds. The molecule has 1 aliphatic heterocycles. The first-order chi connectivity index (χ1) is 12.0. The van der Waals surface area contributed by atoms with Gasteiger partial charge in [0, 0.05) is 38.3 Å². The van der Waals surface area contributed by atoms with Crippen molar-refractivity contribution in [3.63, 3.8) is 0 Å². The molecule has 1 fully saturated rings. The normalized spacial score (nSPS) is 16.6. The van der Waals surface area contributed by atoms with E-state index in [4.69, 9.17) is 9.72 Å². The van der Waals surface area contributed by atoms with Crippen LogP contribution in [-0.4, -0.2) is 62.5 Å². The zero-order chi connectivity index (χ0) is 17.4. The van der Waals surface area contributed by atoms with Gasteiger partial charge >= 0.3 is 0 Å². The molecule has 0 atom stereocenters. The Kier molecular flexibility index (Phi) is 4.05. The van der Waals surface area contributed by atoms with Crippen LogP contribution in [0.2, 0.25) is 0 Å². The molecule has 1 N–H and O–H groups in total. The predicted octanol–water partition coefficient (Wildman–Crippen LogP) is 1.97. The summed E-state index contributed by atoms with van der Waals surface area (Å²) in [6.45, 7) is 8.98. The fraction of sp³-hybridized carbons (Fsp3) is 0.500. The van der Waals surface area contributed by atoms with Gasteiger partial charge in [-0.05, 0) is 12.1 Å². The van der Waals surface area contributed by atoms with Crippen LogP contribution in [0.4, 0.5) is 0 Å². The Labute approximate surface area is 147 Å². The number of morpholine rings is 1. The quantitative estimate of drug-likeness (QED) is 0.786. The van der Waals surface area contributed by atoms with E-state index in [0.29, 0.717) is 0 Å². The van der Waals surface area contributed by atoms with Gasteiger partial charge in [-0.3, -0.25) is 9.88 Å². The number of imidazole rings is 1. The molecule has 0 saturated carbocycles. The van der Waals surface area contributed by atoms with Gasteiger partial charge in [-0.1, -0.05) is 19.9 Å². The smallest absolute Gasteiger partial charge is 0.176 e. The molecule has 3 aromatic rings. The summed E-state index contributed by atoms with van der Waals surface area (Å²) >= 11 is 0. The molecule has 0 unspecified atom stereocenters. The van der Waals surface area contributed by atoms with E-state index in [9.17, 15) is 0 Å². The van der Waals surface area contributed by atoms with Crippen molar-refractivity contribution in [3.05, 3.63) is 30.2 Å². The fourth-order valence-corrected chi connectivity index (χ4v) is 3.41. The molecule has 7 nitrogen and oxygen atoms in total. The Hall–Kier alpha value is -2.25. The fourth-order valence-electron chi connectivity index (χ4n) is 3.41. The summed E-state index contributed by atoms with van der Waals surface area (Å²) in [5.41, 5.74) is 3.43. The molecule has 0 bridgehead atoms. The van der Waals surface area contributed by atoms with E-state index >= 15 is 0 Å². The number of pyridine rings is 1. The highest BCUT2D eigenvalue weighted by atomic mass is 16.5. The summed E-state index contributed by atoms with van der Waals surface area (Å²) in [4.78, 5) is 15.2. The summed E-state index contributed by atoms with van der Waals surface area (Å²) < 4.78 is 7.28. The lowest BCUT2D eigenvalue weighted by Gasteiger charge is -2.33. The van der Waals surface area contributed by atoms with Crippen LogP contribution in [0, 0.1) is 0 Å². The number of aromatic amines is 1. The molecular weight excluding hydrogens is 316 g/mol. The van der Waals surface area contributed by atoms with Crippen LogP contribution in [0.3, 0.4) is 0 Å². The molecule has 0 aliphatic carbocycles. The molecule has 4 heterocycles. The lowest BCUT2D eigenvalue weighted by Crippen LogP contribution is -2.43. The molecule has 1 saturated heterocycles. The minimum Gasteiger partial charge on any atom is -0.379 e. The number of nitrogens with zero attached hydrogens (tertiary/aromatic N) is 5. The number of ether oxygens (including phenoxy) is 1. The summed E-state index contributed by atoms with van der Waals surface area (Å²) in [7, 11) is 1.92. The van der Waals surface area contributed by atoms with E-state index in [0.717, 1.165) is 61.2 Å². The first kappa shape index (κ1) is 16.2. The molecule has 4 rings (SSSR count). The Balaban J connectivity index is 1.69. The number of H-pyrrole nitrogens is 1. The van der Waals surface area contributed by atoms with E-state index in [1.54, 1.807) is 6.20 Å². The largest absolute Gasteiger partial charge is 0.379 e. The third-order valence-corrected chi connectivity index (χ3v) is 4.75. The van der Waals surface area contributed by atoms with Crippen LogP contribution < -0.4 is 0 Å². The topological polar surface area (TPSA) is 71.9 Å². The second-order valence-corrected chi connectivity index (χ2v) is 7.24. The average Bonchev–Trinajstić information content (AvgIpc) is 3.18.